The summed E-state index contributed by atoms with van der Waals surface area (Å²) < 4.78 is 5.50. The highest BCUT2D eigenvalue weighted by Crippen LogP contribution is 2.59. The minimum atomic E-state index is -0.785. The number of fused-ring (bicyclic) bond motifs is 4. The van der Waals surface area contributed by atoms with Crippen molar-refractivity contribution < 1.29 is 9.53 Å². The van der Waals surface area contributed by atoms with Gasteiger partial charge in [-0.25, -0.2) is 0 Å². The number of benzene rings is 2. The monoisotopic (exact) mass is 377 g/mol. The van der Waals surface area contributed by atoms with Crippen LogP contribution in [0.3, 0.4) is 0 Å². The van der Waals surface area contributed by atoms with Crippen molar-refractivity contribution in [2.24, 2.45) is 11.1 Å². The van der Waals surface area contributed by atoms with E-state index < -0.39 is 11.8 Å². The summed E-state index contributed by atoms with van der Waals surface area (Å²) in [6.07, 6.45) is 4.29. The first-order chi connectivity index (χ1) is 13.5. The van der Waals surface area contributed by atoms with Gasteiger partial charge in [0.05, 0.1) is 7.11 Å². The molecule has 2 aromatic carbocycles. The molecule has 2 aliphatic carbocycles. The van der Waals surface area contributed by atoms with Crippen molar-refractivity contribution in [3.63, 3.8) is 0 Å². The average molecular weight is 377 g/mol. The van der Waals surface area contributed by atoms with E-state index in [1.165, 1.54) is 16.7 Å². The van der Waals surface area contributed by atoms with E-state index in [2.05, 4.69) is 35.6 Å². The highest BCUT2D eigenvalue weighted by atomic mass is 16.5. The predicted octanol–water partition coefficient (Wildman–Crippen LogP) is 2.32. The van der Waals surface area contributed by atoms with Crippen molar-refractivity contribution in [1.29, 1.82) is 0 Å². The van der Waals surface area contributed by atoms with Gasteiger partial charge < -0.3 is 9.64 Å². The van der Waals surface area contributed by atoms with Crippen LogP contribution >= 0.6 is 0 Å². The van der Waals surface area contributed by atoms with E-state index in [9.17, 15) is 4.79 Å². The maximum absolute atomic E-state index is 13.7. The Morgan fingerprint density at radius 3 is 2.36 bits per heavy atom. The van der Waals surface area contributed by atoms with Gasteiger partial charge in [0.1, 0.15) is 17.6 Å². The molecule has 2 atom stereocenters. The molecule has 1 amide bonds. The predicted molar refractivity (Wildman–Crippen MR) is 108 cm³/mol. The van der Waals surface area contributed by atoms with Crippen LogP contribution in [0.4, 0.5) is 0 Å². The first-order valence-electron chi connectivity index (χ1n) is 10.1. The van der Waals surface area contributed by atoms with Crippen LogP contribution in [0.2, 0.25) is 0 Å². The van der Waals surface area contributed by atoms with Gasteiger partial charge in [-0.15, -0.1) is 0 Å². The highest BCUT2D eigenvalue weighted by molar-refractivity contribution is 5.92. The molecule has 3 aliphatic rings. The minimum absolute atomic E-state index is 0.0814. The Morgan fingerprint density at radius 2 is 1.79 bits per heavy atom. The van der Waals surface area contributed by atoms with Crippen molar-refractivity contribution in [1.82, 2.24) is 10.2 Å². The molecule has 0 saturated carbocycles. The smallest absolute Gasteiger partial charge is 0.250 e. The third kappa shape index (κ3) is 2.17. The van der Waals surface area contributed by atoms with Crippen molar-refractivity contribution in [3.05, 3.63) is 64.7 Å². The topological polar surface area (TPSA) is 67.6 Å². The molecule has 2 unspecified atom stereocenters. The second-order valence-electron chi connectivity index (χ2n) is 8.50. The Balaban J connectivity index is 1.67. The maximum atomic E-state index is 13.7. The number of methoxy groups -OCH3 is 1. The maximum Gasteiger partial charge on any atom is 0.250 e. The van der Waals surface area contributed by atoms with E-state index in [0.29, 0.717) is 0 Å². The molecule has 1 saturated heterocycles. The number of carbonyl (C=O) groups is 1. The fourth-order valence-electron chi connectivity index (χ4n) is 5.78. The number of hydrogen-bond donors (Lipinski definition) is 2. The van der Waals surface area contributed by atoms with Gasteiger partial charge in [0.2, 0.25) is 5.91 Å². The lowest BCUT2D eigenvalue weighted by Gasteiger charge is -2.42. The SMILES string of the molecule is COc1ccc2c(c1)C1(NC(N)N(C)C1=O)C1(CCc3ccccc3CC1)C2. The zero-order valence-electron chi connectivity index (χ0n) is 16.5. The van der Waals surface area contributed by atoms with Crippen LogP contribution in [0, 0.1) is 5.41 Å². The molecular formula is C23H27N3O2. The number of carbonyl (C=O) groups excluding carboxylic acids is 1. The fraction of sp³-hybridized carbons (Fsp3) is 0.435. The van der Waals surface area contributed by atoms with Crippen molar-refractivity contribution >= 4 is 5.91 Å². The Morgan fingerprint density at radius 1 is 1.11 bits per heavy atom. The van der Waals surface area contributed by atoms with Gasteiger partial charge in [0.25, 0.3) is 0 Å². The number of nitrogens with one attached hydrogen (secondary N) is 1. The van der Waals surface area contributed by atoms with Crippen LogP contribution in [-0.2, 0) is 29.6 Å². The summed E-state index contributed by atoms with van der Waals surface area (Å²) in [5, 5.41) is 3.55. The number of amides is 1. The van der Waals surface area contributed by atoms with Crippen molar-refractivity contribution in [2.75, 3.05) is 14.2 Å². The summed E-state index contributed by atoms with van der Waals surface area (Å²) in [5.41, 5.74) is 10.4. The number of hydrogen-bond acceptors (Lipinski definition) is 4. The molecule has 2 aromatic rings. The minimum Gasteiger partial charge on any atom is -0.497 e. The van der Waals surface area contributed by atoms with Crippen LogP contribution in [0.25, 0.3) is 0 Å². The molecule has 0 aromatic heterocycles. The Hall–Kier alpha value is -2.37. The molecule has 1 aliphatic heterocycles. The number of nitrogens with two attached hydrogens (primary N) is 1. The molecule has 5 heteroatoms. The van der Waals surface area contributed by atoms with E-state index in [0.717, 1.165) is 43.4 Å². The Bertz CT molecular complexity index is 930. The zero-order chi connectivity index (χ0) is 19.5. The first-order valence-corrected chi connectivity index (χ1v) is 10.1. The van der Waals surface area contributed by atoms with E-state index in [1.54, 1.807) is 19.1 Å². The number of nitrogens with zero attached hydrogens (tertiary/aromatic N) is 1. The third-order valence-corrected chi connectivity index (χ3v) is 7.33. The van der Waals surface area contributed by atoms with Gasteiger partial charge in [0, 0.05) is 12.5 Å². The molecule has 2 spiro atoms. The molecule has 146 valence electrons. The van der Waals surface area contributed by atoms with E-state index >= 15 is 0 Å². The van der Waals surface area contributed by atoms with Crippen LogP contribution in [0.1, 0.15) is 35.1 Å². The number of ether oxygens (including phenoxy) is 1. The zero-order valence-corrected chi connectivity index (χ0v) is 16.5. The lowest BCUT2D eigenvalue weighted by atomic mass is 9.65. The summed E-state index contributed by atoms with van der Waals surface area (Å²) in [7, 11) is 3.47. The fourth-order valence-corrected chi connectivity index (χ4v) is 5.78. The summed E-state index contributed by atoms with van der Waals surface area (Å²) in [4.78, 5) is 15.4. The lowest BCUT2D eigenvalue weighted by molar-refractivity contribution is -0.137. The van der Waals surface area contributed by atoms with Crippen LogP contribution in [0.15, 0.2) is 42.5 Å². The Kier molecular flexibility index (Phi) is 3.83. The highest BCUT2D eigenvalue weighted by Gasteiger charge is 2.66. The molecule has 5 nitrogen and oxygen atoms in total. The lowest BCUT2D eigenvalue weighted by Crippen LogP contribution is -2.56. The van der Waals surface area contributed by atoms with Crippen molar-refractivity contribution in [2.45, 2.75) is 43.9 Å². The van der Waals surface area contributed by atoms with Gasteiger partial charge in [-0.05, 0) is 66.5 Å². The second kappa shape index (κ2) is 6.06. The summed E-state index contributed by atoms with van der Waals surface area (Å²) >= 11 is 0. The Labute approximate surface area is 165 Å². The number of aryl methyl sites for hydroxylation is 2. The number of rotatable bonds is 1. The molecule has 1 heterocycles. The molecule has 0 radical (unpaired) electrons. The van der Waals surface area contributed by atoms with Crippen LogP contribution in [-0.4, -0.2) is 31.3 Å². The molecule has 0 bridgehead atoms. The van der Waals surface area contributed by atoms with E-state index in [4.69, 9.17) is 10.5 Å². The molecule has 1 fully saturated rings. The van der Waals surface area contributed by atoms with E-state index in [-0.39, 0.29) is 11.3 Å². The molecule has 3 N–H and O–H groups in total. The molecule has 5 rings (SSSR count). The van der Waals surface area contributed by atoms with E-state index in [1.807, 2.05) is 12.1 Å². The van der Waals surface area contributed by atoms with Crippen LogP contribution in [0.5, 0.6) is 5.75 Å². The summed E-state index contributed by atoms with van der Waals surface area (Å²) in [5.74, 6) is 0.864. The quantitative estimate of drug-likeness (QED) is 0.800. The standard InChI is InChI=1S/C23H27N3O2/c1-26-20(27)23(25-21(26)24)19-13-18(28-2)8-7-17(19)14-22(23)11-9-15-5-3-4-6-16(15)10-12-22/h3-8,13,21,25H,9-12,14,24H2,1-2H3. The number of likely N-dealkylation sites (N-methyl/N-ethyl adjacent to an activating group) is 1. The van der Waals surface area contributed by atoms with Gasteiger partial charge >= 0.3 is 0 Å². The van der Waals surface area contributed by atoms with Gasteiger partial charge in [0.15, 0.2) is 0 Å². The summed E-state index contributed by atoms with van der Waals surface area (Å²) in [6, 6.07) is 14.9. The van der Waals surface area contributed by atoms with Gasteiger partial charge in [-0.2, -0.15) is 0 Å². The molecular weight excluding hydrogens is 350 g/mol. The normalized spacial score (nSPS) is 27.8. The van der Waals surface area contributed by atoms with Crippen LogP contribution < -0.4 is 15.8 Å². The summed E-state index contributed by atoms with van der Waals surface area (Å²) in [6.45, 7) is 0. The second-order valence-corrected chi connectivity index (χ2v) is 8.50. The molecule has 28 heavy (non-hydrogen) atoms. The van der Waals surface area contributed by atoms with Crippen molar-refractivity contribution in [3.8, 4) is 5.75 Å². The largest absolute Gasteiger partial charge is 0.497 e. The van der Waals surface area contributed by atoms with Gasteiger partial charge in [-0.3, -0.25) is 15.8 Å². The van der Waals surface area contributed by atoms with Gasteiger partial charge in [-0.1, -0.05) is 30.3 Å². The third-order valence-electron chi connectivity index (χ3n) is 7.33. The average Bonchev–Trinajstić information content (AvgIpc) is 3.01. The first kappa shape index (κ1) is 17.7.